The van der Waals surface area contributed by atoms with Gasteiger partial charge < -0.3 is 0 Å². The molecule has 2 aromatic heterocycles. The lowest BCUT2D eigenvalue weighted by Crippen LogP contribution is -1.93. The van der Waals surface area contributed by atoms with Gasteiger partial charge in [-0.2, -0.15) is 0 Å². The van der Waals surface area contributed by atoms with E-state index in [0.717, 1.165) is 21.0 Å². The summed E-state index contributed by atoms with van der Waals surface area (Å²) in [6, 6.07) is 2.14. The maximum Gasteiger partial charge on any atom is 0.224 e. The van der Waals surface area contributed by atoms with Crippen LogP contribution in [0.5, 0.6) is 0 Å². The minimum absolute atomic E-state index is 0.348. The van der Waals surface area contributed by atoms with Crippen LogP contribution < -0.4 is 0 Å². The number of hydrogen-bond donors (Lipinski definition) is 0. The van der Waals surface area contributed by atoms with Crippen molar-refractivity contribution in [3.05, 3.63) is 16.2 Å². The Kier molecular flexibility index (Phi) is 3.72. The fourth-order valence-electron chi connectivity index (χ4n) is 1.35. The number of hydrogen-bond acceptors (Lipinski definition) is 4. The van der Waals surface area contributed by atoms with E-state index >= 15 is 0 Å². The van der Waals surface area contributed by atoms with Crippen LogP contribution in [0.1, 0.15) is 18.7 Å². The molecular weight excluding hydrogens is 260 g/mol. The Morgan fingerprint density at radius 1 is 1.44 bits per heavy atom. The predicted molar refractivity (Wildman–Crippen MR) is 72.7 cm³/mol. The summed E-state index contributed by atoms with van der Waals surface area (Å²) in [5.74, 6) is 1.70. The fraction of sp³-hybridized carbons (Fsp3) is 0.455. The van der Waals surface area contributed by atoms with Gasteiger partial charge in [-0.3, -0.25) is 0 Å². The van der Waals surface area contributed by atoms with Gasteiger partial charge in [0.1, 0.15) is 9.86 Å². The molecule has 0 aliphatic carbocycles. The van der Waals surface area contributed by atoms with Gasteiger partial charge in [0.25, 0.3) is 0 Å². The van der Waals surface area contributed by atoms with Crippen molar-refractivity contribution in [2.45, 2.75) is 25.8 Å². The highest BCUT2D eigenvalue weighted by Gasteiger charge is 2.10. The van der Waals surface area contributed by atoms with Crippen molar-refractivity contribution in [2.75, 3.05) is 5.75 Å². The molecule has 0 radical (unpaired) electrons. The second-order valence-corrected chi connectivity index (χ2v) is 6.66. The van der Waals surface area contributed by atoms with E-state index in [4.69, 9.17) is 11.6 Å². The molecule has 2 heterocycles. The molecule has 0 saturated carbocycles. The van der Waals surface area contributed by atoms with E-state index in [-0.39, 0.29) is 0 Å². The van der Waals surface area contributed by atoms with E-state index in [0.29, 0.717) is 11.2 Å². The molecule has 0 aliphatic rings. The van der Waals surface area contributed by atoms with Crippen LogP contribution in [0.3, 0.4) is 0 Å². The number of rotatable bonds is 3. The second kappa shape index (κ2) is 4.90. The summed E-state index contributed by atoms with van der Waals surface area (Å²) in [5.41, 5.74) is 0. The summed E-state index contributed by atoms with van der Waals surface area (Å²) in [4.78, 5) is 10.8. The lowest BCUT2D eigenvalue weighted by molar-refractivity contribution is 0.749. The molecule has 0 atom stereocenters. The first-order chi connectivity index (χ1) is 7.56. The van der Waals surface area contributed by atoms with Crippen LogP contribution in [-0.4, -0.2) is 15.7 Å². The van der Waals surface area contributed by atoms with Gasteiger partial charge in [-0.15, -0.1) is 23.1 Å². The number of halogens is 1. The van der Waals surface area contributed by atoms with Gasteiger partial charge in [0.2, 0.25) is 5.28 Å². The molecule has 0 N–H and O–H groups in total. The van der Waals surface area contributed by atoms with Crippen molar-refractivity contribution < 1.29 is 0 Å². The molecule has 0 unspecified atom stereocenters. The van der Waals surface area contributed by atoms with Gasteiger partial charge in [-0.25, -0.2) is 9.97 Å². The molecule has 0 spiro atoms. The normalized spacial score (nSPS) is 11.6. The molecule has 2 rings (SSSR count). The van der Waals surface area contributed by atoms with Crippen molar-refractivity contribution in [1.82, 2.24) is 9.97 Å². The highest BCUT2D eigenvalue weighted by atomic mass is 35.5. The largest absolute Gasteiger partial charge is 0.224 e. The summed E-state index contributed by atoms with van der Waals surface area (Å²) in [7, 11) is 0. The first kappa shape index (κ1) is 12.1. The van der Waals surface area contributed by atoms with Gasteiger partial charge in [-0.05, 0) is 30.5 Å². The van der Waals surface area contributed by atoms with Crippen molar-refractivity contribution in [3.8, 4) is 0 Å². The lowest BCUT2D eigenvalue weighted by Gasteiger charge is -2.04. The van der Waals surface area contributed by atoms with Crippen LogP contribution in [0.2, 0.25) is 5.28 Å². The molecule has 2 nitrogen and oxygen atoms in total. The van der Waals surface area contributed by atoms with Gasteiger partial charge >= 0.3 is 0 Å². The highest BCUT2D eigenvalue weighted by Crippen LogP contribution is 2.32. The Hall–Kier alpha value is -0.320. The first-order valence-corrected chi connectivity index (χ1v) is 7.30. The van der Waals surface area contributed by atoms with Gasteiger partial charge in [-0.1, -0.05) is 13.8 Å². The third kappa shape index (κ3) is 2.67. The van der Waals surface area contributed by atoms with Gasteiger partial charge in [0, 0.05) is 16.0 Å². The molecule has 0 aliphatic heterocycles. The minimum atomic E-state index is 0.348. The van der Waals surface area contributed by atoms with Crippen LogP contribution in [0.25, 0.3) is 10.2 Å². The van der Waals surface area contributed by atoms with E-state index in [2.05, 4.69) is 36.8 Å². The summed E-state index contributed by atoms with van der Waals surface area (Å²) in [6.45, 7) is 6.48. The van der Waals surface area contributed by atoms with Crippen LogP contribution in [0.15, 0.2) is 11.1 Å². The van der Waals surface area contributed by atoms with Crippen molar-refractivity contribution in [2.24, 2.45) is 5.92 Å². The predicted octanol–water partition coefficient (Wildman–Crippen LogP) is 4.40. The minimum Gasteiger partial charge on any atom is -0.211 e. The average Bonchev–Trinajstić information content (AvgIpc) is 2.54. The van der Waals surface area contributed by atoms with Crippen molar-refractivity contribution in [1.29, 1.82) is 0 Å². The Labute approximate surface area is 108 Å². The molecule has 5 heteroatoms. The van der Waals surface area contributed by atoms with Gasteiger partial charge in [0.15, 0.2) is 0 Å². The topological polar surface area (TPSA) is 25.8 Å². The number of nitrogens with zero attached hydrogens (tertiary/aromatic N) is 2. The molecule has 0 aromatic carbocycles. The number of fused-ring (bicyclic) bond motifs is 1. The zero-order valence-electron chi connectivity index (χ0n) is 9.45. The molecule has 16 heavy (non-hydrogen) atoms. The second-order valence-electron chi connectivity index (χ2n) is 4.08. The van der Waals surface area contributed by atoms with Crippen LogP contribution in [0, 0.1) is 12.8 Å². The number of aromatic nitrogens is 2. The molecule has 2 aromatic rings. The average molecular weight is 273 g/mol. The van der Waals surface area contributed by atoms with E-state index in [1.807, 2.05) is 0 Å². The molecule has 86 valence electrons. The molecule has 0 fully saturated rings. The van der Waals surface area contributed by atoms with E-state index in [1.165, 1.54) is 4.88 Å². The zero-order valence-corrected chi connectivity index (χ0v) is 11.8. The fourth-order valence-corrected chi connectivity index (χ4v) is 3.51. The maximum absolute atomic E-state index is 5.92. The van der Waals surface area contributed by atoms with Crippen LogP contribution >= 0.6 is 34.7 Å². The van der Waals surface area contributed by atoms with Crippen LogP contribution in [0.4, 0.5) is 0 Å². The lowest BCUT2D eigenvalue weighted by atomic mass is 10.3. The van der Waals surface area contributed by atoms with E-state index in [9.17, 15) is 0 Å². The quantitative estimate of drug-likeness (QED) is 0.470. The van der Waals surface area contributed by atoms with E-state index in [1.54, 1.807) is 23.1 Å². The number of thioether (sulfide) groups is 1. The molecular formula is C11H13ClN2S2. The Morgan fingerprint density at radius 2 is 2.19 bits per heavy atom. The maximum atomic E-state index is 5.92. The molecule has 0 saturated heterocycles. The third-order valence-electron chi connectivity index (χ3n) is 2.01. The Morgan fingerprint density at radius 3 is 2.88 bits per heavy atom. The van der Waals surface area contributed by atoms with Crippen molar-refractivity contribution >= 4 is 44.9 Å². The molecule has 0 amide bonds. The zero-order chi connectivity index (χ0) is 11.7. The monoisotopic (exact) mass is 272 g/mol. The van der Waals surface area contributed by atoms with Gasteiger partial charge in [0.05, 0.1) is 0 Å². The number of thiophene rings is 1. The smallest absolute Gasteiger partial charge is 0.211 e. The molecule has 0 bridgehead atoms. The summed E-state index contributed by atoms with van der Waals surface area (Å²) >= 11 is 9.34. The SMILES string of the molecule is Cc1cc2c(SCC(C)C)nc(Cl)nc2s1. The van der Waals surface area contributed by atoms with E-state index < -0.39 is 0 Å². The standard InChI is InChI=1S/C11H13ClN2S2/c1-6(2)5-15-9-8-4-7(3)16-10(8)14-11(12)13-9/h4,6H,5H2,1-3H3. The Bertz CT molecular complexity index is 508. The Balaban J connectivity index is 2.41. The third-order valence-corrected chi connectivity index (χ3v) is 4.54. The van der Waals surface area contributed by atoms with Crippen molar-refractivity contribution in [3.63, 3.8) is 0 Å². The highest BCUT2D eigenvalue weighted by molar-refractivity contribution is 7.99. The summed E-state index contributed by atoms with van der Waals surface area (Å²) in [6.07, 6.45) is 0. The van der Waals surface area contributed by atoms with Crippen LogP contribution in [-0.2, 0) is 0 Å². The summed E-state index contributed by atoms with van der Waals surface area (Å²) in [5, 5.41) is 2.49. The number of aryl methyl sites for hydroxylation is 1. The summed E-state index contributed by atoms with van der Waals surface area (Å²) < 4.78 is 0. The first-order valence-electron chi connectivity index (χ1n) is 5.12.